The smallest absolute Gasteiger partial charge is 0.326 e. The molecule has 0 fully saturated rings. The predicted octanol–water partition coefficient (Wildman–Crippen LogP) is 2.09. The Morgan fingerprint density at radius 2 is 1.96 bits per heavy atom. The highest BCUT2D eigenvalue weighted by atomic mass is 16.4. The molecular weight excluding hydrogens is 306 g/mol. The van der Waals surface area contributed by atoms with Crippen molar-refractivity contribution in [3.63, 3.8) is 0 Å². The van der Waals surface area contributed by atoms with Crippen LogP contribution in [-0.2, 0) is 22.6 Å². The molecule has 2 N–H and O–H groups in total. The van der Waals surface area contributed by atoms with E-state index in [2.05, 4.69) is 10.3 Å². The summed E-state index contributed by atoms with van der Waals surface area (Å²) in [5, 5.41) is 11.8. The van der Waals surface area contributed by atoms with Gasteiger partial charge >= 0.3 is 5.97 Å². The van der Waals surface area contributed by atoms with E-state index in [1.807, 2.05) is 48.7 Å². The molecule has 0 spiro atoms. The van der Waals surface area contributed by atoms with Gasteiger partial charge in [-0.2, -0.15) is 0 Å². The Balaban J connectivity index is 1.99. The molecule has 1 atom stereocenters. The molecule has 1 heterocycles. The van der Waals surface area contributed by atoms with Gasteiger partial charge in [-0.05, 0) is 17.9 Å². The van der Waals surface area contributed by atoms with Crippen molar-refractivity contribution >= 4 is 11.9 Å². The van der Waals surface area contributed by atoms with Crippen LogP contribution < -0.4 is 5.32 Å². The number of carbonyl (C=O) groups is 2. The fourth-order valence-electron chi connectivity index (χ4n) is 2.52. The number of aromatic nitrogens is 2. The molecule has 0 unspecified atom stereocenters. The van der Waals surface area contributed by atoms with Gasteiger partial charge in [-0.3, -0.25) is 4.79 Å². The molecule has 2 rings (SSSR count). The van der Waals surface area contributed by atoms with Gasteiger partial charge in [0.25, 0.3) is 0 Å². The van der Waals surface area contributed by atoms with Gasteiger partial charge in [-0.1, -0.05) is 44.2 Å². The first-order valence-corrected chi connectivity index (χ1v) is 8.00. The van der Waals surface area contributed by atoms with Gasteiger partial charge in [-0.15, -0.1) is 0 Å². The summed E-state index contributed by atoms with van der Waals surface area (Å²) in [7, 11) is 0. The van der Waals surface area contributed by atoms with Gasteiger partial charge in [0, 0.05) is 18.4 Å². The summed E-state index contributed by atoms with van der Waals surface area (Å²) in [6.07, 6.45) is 3.83. The Labute approximate surface area is 141 Å². The maximum absolute atomic E-state index is 12.2. The molecule has 0 radical (unpaired) electrons. The summed E-state index contributed by atoms with van der Waals surface area (Å²) in [6.45, 7) is 4.48. The molecular formula is C18H23N3O3. The highest BCUT2D eigenvalue weighted by Gasteiger charge is 2.21. The molecule has 1 aromatic heterocycles. The Bertz CT molecular complexity index is 680. The van der Waals surface area contributed by atoms with Crippen LogP contribution in [0.3, 0.4) is 0 Å². The topological polar surface area (TPSA) is 84.2 Å². The number of carboxylic acids is 1. The van der Waals surface area contributed by atoms with E-state index in [0.717, 1.165) is 11.3 Å². The van der Waals surface area contributed by atoms with Crippen LogP contribution in [0.15, 0.2) is 42.9 Å². The van der Waals surface area contributed by atoms with Crippen molar-refractivity contribution in [2.75, 3.05) is 0 Å². The number of carbonyl (C=O) groups excluding carboxylic acids is 1. The van der Waals surface area contributed by atoms with Gasteiger partial charge < -0.3 is 15.0 Å². The third-order valence-corrected chi connectivity index (χ3v) is 3.68. The molecule has 0 bridgehead atoms. The first-order valence-electron chi connectivity index (χ1n) is 8.00. The summed E-state index contributed by atoms with van der Waals surface area (Å²) >= 11 is 0. The standard InChI is InChI=1S/C18H23N3O3/c1-13(2)8-16(18(23)24)20-17(22)9-15-10-19-12-21(15)11-14-6-4-3-5-7-14/h3-7,10,12-13,16H,8-9,11H2,1-2H3,(H,20,22)(H,23,24)/t16-/m1/s1. The average molecular weight is 329 g/mol. The number of imidazole rings is 1. The average Bonchev–Trinajstić information content (AvgIpc) is 2.94. The second kappa shape index (κ2) is 8.29. The Hall–Kier alpha value is -2.63. The van der Waals surface area contributed by atoms with Crippen LogP contribution >= 0.6 is 0 Å². The molecule has 128 valence electrons. The van der Waals surface area contributed by atoms with E-state index in [1.165, 1.54) is 0 Å². The first kappa shape index (κ1) is 17.7. The summed E-state index contributed by atoms with van der Waals surface area (Å²) in [5.41, 5.74) is 1.87. The van der Waals surface area contributed by atoms with Gasteiger partial charge in [0.1, 0.15) is 6.04 Å². The van der Waals surface area contributed by atoms with Crippen molar-refractivity contribution in [2.24, 2.45) is 5.92 Å². The van der Waals surface area contributed by atoms with Crippen LogP contribution in [0, 0.1) is 5.92 Å². The lowest BCUT2D eigenvalue weighted by Gasteiger charge is -2.16. The number of hydrogen-bond donors (Lipinski definition) is 2. The van der Waals surface area contributed by atoms with Crippen molar-refractivity contribution in [1.29, 1.82) is 0 Å². The fourth-order valence-corrected chi connectivity index (χ4v) is 2.52. The zero-order valence-electron chi connectivity index (χ0n) is 14.0. The van der Waals surface area contributed by atoms with Crippen LogP contribution in [0.4, 0.5) is 0 Å². The summed E-state index contributed by atoms with van der Waals surface area (Å²) in [5.74, 6) is -1.12. The number of nitrogens with zero attached hydrogens (tertiary/aromatic N) is 2. The normalized spacial score (nSPS) is 12.1. The minimum absolute atomic E-state index is 0.106. The molecule has 6 heteroatoms. The predicted molar refractivity (Wildman–Crippen MR) is 90.5 cm³/mol. The van der Waals surface area contributed by atoms with Crippen LogP contribution in [0.25, 0.3) is 0 Å². The van der Waals surface area contributed by atoms with Crippen LogP contribution in [0.1, 0.15) is 31.5 Å². The first-order chi connectivity index (χ1) is 11.5. The summed E-state index contributed by atoms with van der Waals surface area (Å²) in [4.78, 5) is 27.5. The summed E-state index contributed by atoms with van der Waals surface area (Å²) in [6, 6.07) is 9.03. The van der Waals surface area contributed by atoms with Gasteiger partial charge in [-0.25, -0.2) is 9.78 Å². The van der Waals surface area contributed by atoms with Gasteiger partial charge in [0.05, 0.1) is 12.7 Å². The molecule has 0 aliphatic carbocycles. The number of carboxylic acid groups (broad SMARTS) is 1. The highest BCUT2D eigenvalue weighted by Crippen LogP contribution is 2.08. The van der Waals surface area contributed by atoms with Crippen molar-refractivity contribution in [3.05, 3.63) is 54.1 Å². The SMILES string of the molecule is CC(C)C[C@@H](NC(=O)Cc1cncn1Cc1ccccc1)C(=O)O. The zero-order valence-corrected chi connectivity index (χ0v) is 14.0. The molecule has 1 amide bonds. The number of rotatable bonds is 8. The molecule has 2 aromatic rings. The molecule has 1 aromatic carbocycles. The fraction of sp³-hybridized carbons (Fsp3) is 0.389. The Morgan fingerprint density at radius 1 is 1.25 bits per heavy atom. The second-order valence-corrected chi connectivity index (χ2v) is 6.26. The number of amides is 1. The van der Waals surface area contributed by atoms with Gasteiger partial charge in [0.2, 0.25) is 5.91 Å². The van der Waals surface area contributed by atoms with E-state index in [-0.39, 0.29) is 18.2 Å². The Kier molecular flexibility index (Phi) is 6.12. The number of aliphatic carboxylic acids is 1. The third kappa shape index (κ3) is 5.22. The van der Waals surface area contributed by atoms with E-state index in [1.54, 1.807) is 12.5 Å². The molecule has 6 nitrogen and oxygen atoms in total. The van der Waals surface area contributed by atoms with Crippen LogP contribution in [0.2, 0.25) is 0 Å². The second-order valence-electron chi connectivity index (χ2n) is 6.26. The molecule has 0 saturated heterocycles. The number of nitrogens with one attached hydrogen (secondary N) is 1. The lowest BCUT2D eigenvalue weighted by molar-refractivity contribution is -0.142. The number of hydrogen-bond acceptors (Lipinski definition) is 3. The molecule has 0 aliphatic heterocycles. The van der Waals surface area contributed by atoms with E-state index in [9.17, 15) is 14.7 Å². The van der Waals surface area contributed by atoms with Crippen LogP contribution in [0.5, 0.6) is 0 Å². The highest BCUT2D eigenvalue weighted by molar-refractivity contribution is 5.84. The molecule has 0 saturated carbocycles. The molecule has 24 heavy (non-hydrogen) atoms. The van der Waals surface area contributed by atoms with Crippen molar-refractivity contribution < 1.29 is 14.7 Å². The lowest BCUT2D eigenvalue weighted by Crippen LogP contribution is -2.42. The largest absolute Gasteiger partial charge is 0.480 e. The quantitative estimate of drug-likeness (QED) is 0.777. The minimum Gasteiger partial charge on any atom is -0.480 e. The maximum Gasteiger partial charge on any atom is 0.326 e. The minimum atomic E-state index is -1.00. The molecule has 0 aliphatic rings. The van der Waals surface area contributed by atoms with Crippen molar-refractivity contribution in [2.45, 2.75) is 39.3 Å². The lowest BCUT2D eigenvalue weighted by atomic mass is 10.0. The van der Waals surface area contributed by atoms with Crippen molar-refractivity contribution in [1.82, 2.24) is 14.9 Å². The van der Waals surface area contributed by atoms with E-state index < -0.39 is 12.0 Å². The zero-order chi connectivity index (χ0) is 17.5. The Morgan fingerprint density at radius 3 is 2.58 bits per heavy atom. The van der Waals surface area contributed by atoms with Gasteiger partial charge in [0.15, 0.2) is 0 Å². The van der Waals surface area contributed by atoms with Crippen molar-refractivity contribution in [3.8, 4) is 0 Å². The van der Waals surface area contributed by atoms with E-state index in [4.69, 9.17) is 0 Å². The van der Waals surface area contributed by atoms with E-state index >= 15 is 0 Å². The van der Waals surface area contributed by atoms with E-state index in [0.29, 0.717) is 13.0 Å². The van der Waals surface area contributed by atoms with Crippen LogP contribution in [-0.4, -0.2) is 32.6 Å². The third-order valence-electron chi connectivity index (χ3n) is 3.68. The monoisotopic (exact) mass is 329 g/mol. The number of benzene rings is 1. The maximum atomic E-state index is 12.2. The summed E-state index contributed by atoms with van der Waals surface area (Å²) < 4.78 is 1.90.